The second-order valence-electron chi connectivity index (χ2n) is 6.04. The fourth-order valence-electron chi connectivity index (χ4n) is 3.12. The summed E-state index contributed by atoms with van der Waals surface area (Å²) in [6.45, 7) is 1.99. The number of amides is 1. The number of hydrogen-bond acceptors (Lipinski definition) is 2. The van der Waals surface area contributed by atoms with E-state index in [9.17, 15) is 4.79 Å². The molecule has 1 amide bonds. The number of carbonyl (C=O) groups is 1. The number of aryl methyl sites for hydroxylation is 1. The van der Waals surface area contributed by atoms with Crippen molar-refractivity contribution in [2.45, 2.75) is 57.2 Å². The number of halogens is 1. The SMILES string of the molecule is Cc1ccc(C2C(N)CCCC(=O)N2C2CC2)cc1Cl. The molecule has 1 aromatic rings. The molecule has 20 heavy (non-hydrogen) atoms. The van der Waals surface area contributed by atoms with Crippen molar-refractivity contribution in [3.8, 4) is 0 Å². The average Bonchev–Trinajstić information content (AvgIpc) is 3.22. The molecule has 0 spiro atoms. The summed E-state index contributed by atoms with van der Waals surface area (Å²) >= 11 is 6.26. The molecule has 2 fully saturated rings. The minimum atomic E-state index is -0.0180. The Labute approximate surface area is 125 Å². The summed E-state index contributed by atoms with van der Waals surface area (Å²) in [5.74, 6) is 0.252. The molecule has 0 aromatic heterocycles. The van der Waals surface area contributed by atoms with Gasteiger partial charge in [-0.15, -0.1) is 0 Å². The van der Waals surface area contributed by atoms with E-state index in [2.05, 4.69) is 6.07 Å². The molecule has 1 aromatic carbocycles. The van der Waals surface area contributed by atoms with Crippen LogP contribution in [0.2, 0.25) is 5.02 Å². The van der Waals surface area contributed by atoms with Gasteiger partial charge in [0, 0.05) is 23.5 Å². The molecule has 1 heterocycles. The summed E-state index contributed by atoms with van der Waals surface area (Å²) in [5.41, 5.74) is 8.52. The fourth-order valence-corrected chi connectivity index (χ4v) is 3.31. The van der Waals surface area contributed by atoms with Crippen LogP contribution in [0.25, 0.3) is 0 Å². The zero-order valence-electron chi connectivity index (χ0n) is 11.8. The summed E-state index contributed by atoms with van der Waals surface area (Å²) in [7, 11) is 0. The lowest BCUT2D eigenvalue weighted by Gasteiger charge is -2.34. The van der Waals surface area contributed by atoms with Gasteiger partial charge < -0.3 is 10.6 Å². The van der Waals surface area contributed by atoms with Gasteiger partial charge in [0.1, 0.15) is 0 Å². The third-order valence-electron chi connectivity index (χ3n) is 4.40. The van der Waals surface area contributed by atoms with E-state index in [0.717, 1.165) is 41.8 Å². The van der Waals surface area contributed by atoms with Gasteiger partial charge in [-0.2, -0.15) is 0 Å². The van der Waals surface area contributed by atoms with E-state index >= 15 is 0 Å². The van der Waals surface area contributed by atoms with E-state index in [-0.39, 0.29) is 18.0 Å². The van der Waals surface area contributed by atoms with Crippen LogP contribution < -0.4 is 5.73 Å². The first-order chi connectivity index (χ1) is 9.58. The summed E-state index contributed by atoms with van der Waals surface area (Å²) < 4.78 is 0. The lowest BCUT2D eigenvalue weighted by Crippen LogP contribution is -2.43. The van der Waals surface area contributed by atoms with Crippen molar-refractivity contribution in [1.29, 1.82) is 0 Å². The van der Waals surface area contributed by atoms with Gasteiger partial charge in [0.15, 0.2) is 0 Å². The third kappa shape index (κ3) is 2.57. The molecule has 1 saturated carbocycles. The average molecular weight is 293 g/mol. The number of hydrogen-bond donors (Lipinski definition) is 1. The van der Waals surface area contributed by atoms with E-state index < -0.39 is 0 Å². The second kappa shape index (κ2) is 5.38. The minimum absolute atomic E-state index is 0.000762. The quantitative estimate of drug-likeness (QED) is 0.910. The zero-order valence-corrected chi connectivity index (χ0v) is 12.6. The van der Waals surface area contributed by atoms with Crippen LogP contribution >= 0.6 is 11.6 Å². The Morgan fingerprint density at radius 2 is 2.05 bits per heavy atom. The van der Waals surface area contributed by atoms with Gasteiger partial charge in [0.25, 0.3) is 0 Å². The standard InChI is InChI=1S/C16H21ClN2O/c1-10-5-6-11(9-13(10)17)16-14(18)3-2-4-15(20)19(16)12-7-8-12/h5-6,9,12,14,16H,2-4,7-8,18H2,1H3. The molecule has 2 atom stereocenters. The number of rotatable bonds is 2. The molecule has 2 aliphatic rings. The normalized spacial score (nSPS) is 27.6. The molecule has 4 heteroatoms. The lowest BCUT2D eigenvalue weighted by atomic mass is 9.95. The molecule has 2 unspecified atom stereocenters. The van der Waals surface area contributed by atoms with Gasteiger partial charge in [-0.1, -0.05) is 23.7 Å². The maximum absolute atomic E-state index is 12.4. The Morgan fingerprint density at radius 1 is 1.30 bits per heavy atom. The second-order valence-corrected chi connectivity index (χ2v) is 6.45. The van der Waals surface area contributed by atoms with Crippen LogP contribution in [-0.2, 0) is 4.79 Å². The highest BCUT2D eigenvalue weighted by Crippen LogP contribution is 2.39. The van der Waals surface area contributed by atoms with Gasteiger partial charge in [-0.05, 0) is 49.8 Å². The van der Waals surface area contributed by atoms with Crippen LogP contribution in [0.1, 0.15) is 49.3 Å². The van der Waals surface area contributed by atoms with E-state index in [0.29, 0.717) is 12.5 Å². The molecule has 1 aliphatic heterocycles. The molecule has 0 radical (unpaired) electrons. The monoisotopic (exact) mass is 292 g/mol. The van der Waals surface area contributed by atoms with E-state index in [1.165, 1.54) is 0 Å². The van der Waals surface area contributed by atoms with E-state index in [1.54, 1.807) is 0 Å². The van der Waals surface area contributed by atoms with Crippen molar-refractivity contribution < 1.29 is 4.79 Å². The van der Waals surface area contributed by atoms with Gasteiger partial charge in [0.05, 0.1) is 6.04 Å². The molecule has 2 N–H and O–H groups in total. The molecule has 3 rings (SSSR count). The summed E-state index contributed by atoms with van der Waals surface area (Å²) in [4.78, 5) is 14.5. The van der Waals surface area contributed by atoms with Crippen LogP contribution in [0, 0.1) is 6.92 Å². The minimum Gasteiger partial charge on any atom is -0.331 e. The van der Waals surface area contributed by atoms with E-state index in [1.807, 2.05) is 24.0 Å². The fraction of sp³-hybridized carbons (Fsp3) is 0.562. The Kier molecular flexibility index (Phi) is 3.74. The van der Waals surface area contributed by atoms with Gasteiger partial charge in [-0.25, -0.2) is 0 Å². The van der Waals surface area contributed by atoms with Crippen molar-refractivity contribution >= 4 is 17.5 Å². The number of nitrogens with two attached hydrogens (primary N) is 1. The molecule has 1 saturated heterocycles. The molecular weight excluding hydrogens is 272 g/mol. The number of likely N-dealkylation sites (tertiary alicyclic amines) is 1. The first-order valence-electron chi connectivity index (χ1n) is 7.40. The number of nitrogens with zero attached hydrogens (tertiary/aromatic N) is 1. The van der Waals surface area contributed by atoms with Crippen molar-refractivity contribution in [2.75, 3.05) is 0 Å². The molecule has 3 nitrogen and oxygen atoms in total. The highest BCUT2D eigenvalue weighted by molar-refractivity contribution is 6.31. The maximum atomic E-state index is 12.4. The van der Waals surface area contributed by atoms with Gasteiger partial charge >= 0.3 is 0 Å². The molecular formula is C16H21ClN2O. The number of benzene rings is 1. The highest BCUT2D eigenvalue weighted by Gasteiger charge is 2.41. The molecule has 108 valence electrons. The molecule has 1 aliphatic carbocycles. The van der Waals surface area contributed by atoms with Crippen molar-refractivity contribution in [2.24, 2.45) is 5.73 Å². The Hall–Kier alpha value is -1.06. The topological polar surface area (TPSA) is 46.3 Å². The van der Waals surface area contributed by atoms with Crippen LogP contribution in [0.5, 0.6) is 0 Å². The summed E-state index contributed by atoms with van der Waals surface area (Å²) in [6, 6.07) is 6.44. The molecule has 0 bridgehead atoms. The Morgan fingerprint density at radius 3 is 2.70 bits per heavy atom. The third-order valence-corrected chi connectivity index (χ3v) is 4.81. The van der Waals surface area contributed by atoms with Crippen LogP contribution in [0.3, 0.4) is 0 Å². The van der Waals surface area contributed by atoms with Crippen LogP contribution in [-0.4, -0.2) is 22.9 Å². The van der Waals surface area contributed by atoms with E-state index in [4.69, 9.17) is 17.3 Å². The Balaban J connectivity index is 2.00. The zero-order chi connectivity index (χ0) is 14.3. The van der Waals surface area contributed by atoms with Crippen molar-refractivity contribution in [3.05, 3.63) is 34.3 Å². The summed E-state index contributed by atoms with van der Waals surface area (Å²) in [5, 5.41) is 0.752. The maximum Gasteiger partial charge on any atom is 0.223 e. The van der Waals surface area contributed by atoms with Crippen molar-refractivity contribution in [3.63, 3.8) is 0 Å². The van der Waals surface area contributed by atoms with Crippen molar-refractivity contribution in [1.82, 2.24) is 4.90 Å². The Bertz CT molecular complexity index is 527. The van der Waals surface area contributed by atoms with Crippen LogP contribution in [0.15, 0.2) is 18.2 Å². The highest BCUT2D eigenvalue weighted by atomic mass is 35.5. The summed E-state index contributed by atoms with van der Waals surface area (Å²) in [6.07, 6.45) is 4.62. The van der Waals surface area contributed by atoms with Crippen LogP contribution in [0.4, 0.5) is 0 Å². The smallest absolute Gasteiger partial charge is 0.223 e. The predicted molar refractivity (Wildman–Crippen MR) is 80.6 cm³/mol. The number of carbonyl (C=O) groups excluding carboxylic acids is 1. The largest absolute Gasteiger partial charge is 0.331 e. The predicted octanol–water partition coefficient (Wildman–Crippen LogP) is 3.19. The van der Waals surface area contributed by atoms with Gasteiger partial charge in [-0.3, -0.25) is 4.79 Å². The first-order valence-corrected chi connectivity index (χ1v) is 7.78. The lowest BCUT2D eigenvalue weighted by molar-refractivity contribution is -0.133. The van der Waals surface area contributed by atoms with Gasteiger partial charge in [0.2, 0.25) is 5.91 Å². The first kappa shape index (κ1) is 13.9.